The van der Waals surface area contributed by atoms with E-state index in [0.717, 1.165) is 12.1 Å². The van der Waals surface area contributed by atoms with Gasteiger partial charge in [0.05, 0.1) is 0 Å². The summed E-state index contributed by atoms with van der Waals surface area (Å²) in [4.78, 5) is 13.9. The van der Waals surface area contributed by atoms with Crippen LogP contribution in [-0.2, 0) is 11.3 Å². The third-order valence-electron chi connectivity index (χ3n) is 1.87. The van der Waals surface area contributed by atoms with Gasteiger partial charge in [0.25, 0.3) is 12.5 Å². The number of alkyl halides is 3. The molecule has 0 fully saturated rings. The molecule has 1 amide bonds. The van der Waals surface area contributed by atoms with E-state index in [1.807, 2.05) is 0 Å². The first-order valence-corrected chi connectivity index (χ1v) is 4.85. The Labute approximate surface area is 101 Å². The summed E-state index contributed by atoms with van der Waals surface area (Å²) in [5, 5.41) is 2.45. The Morgan fingerprint density at radius 1 is 1.33 bits per heavy atom. The average molecular weight is 258 g/mol. The molecule has 1 N–H and O–H groups in total. The smallest absolute Gasteiger partial charge is 0.406 e. The van der Waals surface area contributed by atoms with Crippen LogP contribution >= 0.6 is 0 Å². The van der Waals surface area contributed by atoms with Crippen LogP contribution in [-0.4, -0.2) is 18.8 Å². The predicted molar refractivity (Wildman–Crippen MR) is 56.4 cm³/mol. The van der Waals surface area contributed by atoms with Gasteiger partial charge in [-0.25, -0.2) is 6.57 Å². The number of nitrogens with one attached hydrogen (secondary N) is 1. The van der Waals surface area contributed by atoms with E-state index in [2.05, 4.69) is 14.9 Å². The minimum Gasteiger partial charge on any atom is -0.406 e. The molecule has 18 heavy (non-hydrogen) atoms. The molecule has 0 aromatic heterocycles. The van der Waals surface area contributed by atoms with Crippen molar-refractivity contribution >= 4 is 5.91 Å². The molecule has 96 valence electrons. The van der Waals surface area contributed by atoms with E-state index in [1.54, 1.807) is 0 Å². The zero-order chi connectivity index (χ0) is 13.6. The molecule has 0 radical (unpaired) electrons. The van der Waals surface area contributed by atoms with Gasteiger partial charge in [-0.05, 0) is 17.7 Å². The lowest BCUT2D eigenvalue weighted by atomic mass is 10.2. The van der Waals surface area contributed by atoms with Gasteiger partial charge in [-0.3, -0.25) is 4.79 Å². The fourth-order valence-corrected chi connectivity index (χ4v) is 1.14. The van der Waals surface area contributed by atoms with Gasteiger partial charge in [-0.15, -0.1) is 13.2 Å². The van der Waals surface area contributed by atoms with Gasteiger partial charge >= 0.3 is 6.36 Å². The number of amides is 1. The lowest BCUT2D eigenvalue weighted by molar-refractivity contribution is -0.274. The maximum Gasteiger partial charge on any atom is 0.573 e. The van der Waals surface area contributed by atoms with Gasteiger partial charge < -0.3 is 14.9 Å². The van der Waals surface area contributed by atoms with Crippen molar-refractivity contribution in [2.45, 2.75) is 12.9 Å². The van der Waals surface area contributed by atoms with Crippen LogP contribution in [0.25, 0.3) is 4.85 Å². The molecular formula is C11H9F3N2O2. The zero-order valence-electron chi connectivity index (χ0n) is 9.12. The van der Waals surface area contributed by atoms with Crippen LogP contribution in [0.2, 0.25) is 0 Å². The molecule has 0 atom stereocenters. The highest BCUT2D eigenvalue weighted by atomic mass is 19.4. The molecular weight excluding hydrogens is 249 g/mol. The fourth-order valence-electron chi connectivity index (χ4n) is 1.14. The van der Waals surface area contributed by atoms with Gasteiger partial charge in [0.2, 0.25) is 0 Å². The van der Waals surface area contributed by atoms with Gasteiger partial charge in [0.1, 0.15) is 5.75 Å². The van der Waals surface area contributed by atoms with Crippen molar-refractivity contribution in [3.8, 4) is 5.75 Å². The van der Waals surface area contributed by atoms with E-state index in [9.17, 15) is 18.0 Å². The molecule has 0 spiro atoms. The van der Waals surface area contributed by atoms with Crippen molar-refractivity contribution in [3.63, 3.8) is 0 Å². The SMILES string of the molecule is [C-]#[N+]CC(=O)NCc1ccc(OC(F)(F)F)cc1. The summed E-state index contributed by atoms with van der Waals surface area (Å²) >= 11 is 0. The number of carbonyl (C=O) groups excluding carboxylic acids is 1. The van der Waals surface area contributed by atoms with Crippen LogP contribution < -0.4 is 10.1 Å². The standard InChI is InChI=1S/C11H9F3N2O2/c1-15-7-10(17)16-6-8-2-4-9(5-3-8)18-11(12,13)14/h2-5H,6-7H2,(H,16,17). The summed E-state index contributed by atoms with van der Waals surface area (Å²) in [7, 11) is 0. The third-order valence-corrected chi connectivity index (χ3v) is 1.87. The number of hydrogen-bond donors (Lipinski definition) is 1. The van der Waals surface area contributed by atoms with Crippen LogP contribution in [0.5, 0.6) is 5.75 Å². The highest BCUT2D eigenvalue weighted by molar-refractivity contribution is 5.79. The Kier molecular flexibility index (Phi) is 4.54. The van der Waals surface area contributed by atoms with Crippen LogP contribution in [0.1, 0.15) is 5.56 Å². The Hall–Kier alpha value is -2.23. The minimum atomic E-state index is -4.72. The lowest BCUT2D eigenvalue weighted by Gasteiger charge is -2.09. The third kappa shape index (κ3) is 5.21. The van der Waals surface area contributed by atoms with E-state index < -0.39 is 12.3 Å². The fraction of sp³-hybridized carbons (Fsp3) is 0.273. The first kappa shape index (κ1) is 13.8. The summed E-state index contributed by atoms with van der Waals surface area (Å²) in [6, 6.07) is 5.12. The zero-order valence-corrected chi connectivity index (χ0v) is 9.12. The second kappa shape index (κ2) is 5.91. The molecule has 1 aromatic rings. The molecule has 0 aliphatic heterocycles. The number of carbonyl (C=O) groups is 1. The number of nitrogens with zero attached hydrogens (tertiary/aromatic N) is 1. The highest BCUT2D eigenvalue weighted by Gasteiger charge is 2.30. The Balaban J connectivity index is 2.51. The Morgan fingerprint density at radius 3 is 2.44 bits per heavy atom. The molecule has 0 unspecified atom stereocenters. The maximum absolute atomic E-state index is 11.9. The molecule has 1 rings (SSSR count). The van der Waals surface area contributed by atoms with Gasteiger partial charge in [-0.1, -0.05) is 12.1 Å². The molecule has 0 heterocycles. The Morgan fingerprint density at radius 2 is 1.94 bits per heavy atom. The number of hydrogen-bond acceptors (Lipinski definition) is 2. The van der Waals surface area contributed by atoms with Crippen LogP contribution in [0.4, 0.5) is 13.2 Å². The van der Waals surface area contributed by atoms with E-state index in [4.69, 9.17) is 6.57 Å². The molecule has 4 nitrogen and oxygen atoms in total. The van der Waals surface area contributed by atoms with Crippen molar-refractivity contribution in [3.05, 3.63) is 41.2 Å². The summed E-state index contributed by atoms with van der Waals surface area (Å²) in [5.41, 5.74) is 0.614. The van der Waals surface area contributed by atoms with Crippen molar-refractivity contribution < 1.29 is 22.7 Å². The second-order valence-electron chi connectivity index (χ2n) is 3.28. The average Bonchev–Trinajstić information content (AvgIpc) is 2.26. The topological polar surface area (TPSA) is 42.7 Å². The predicted octanol–water partition coefficient (Wildman–Crippen LogP) is 2.12. The maximum atomic E-state index is 11.9. The van der Waals surface area contributed by atoms with Gasteiger partial charge in [0.15, 0.2) is 0 Å². The first-order chi connectivity index (χ1) is 8.40. The number of ether oxygens (including phenoxy) is 1. The highest BCUT2D eigenvalue weighted by Crippen LogP contribution is 2.22. The summed E-state index contributed by atoms with van der Waals surface area (Å²) in [6.07, 6.45) is -4.72. The van der Waals surface area contributed by atoms with E-state index >= 15 is 0 Å². The van der Waals surface area contributed by atoms with Gasteiger partial charge in [-0.2, -0.15) is 0 Å². The summed E-state index contributed by atoms with van der Waals surface area (Å²) < 4.78 is 39.3. The van der Waals surface area contributed by atoms with Crippen LogP contribution in [0.15, 0.2) is 24.3 Å². The minimum absolute atomic E-state index is 0.153. The number of halogens is 3. The molecule has 7 heteroatoms. The quantitative estimate of drug-likeness (QED) is 0.840. The molecule has 1 aromatic carbocycles. The van der Waals surface area contributed by atoms with Crippen molar-refractivity contribution in [1.29, 1.82) is 0 Å². The van der Waals surface area contributed by atoms with Crippen LogP contribution in [0, 0.1) is 6.57 Å². The van der Waals surface area contributed by atoms with Gasteiger partial charge in [0, 0.05) is 6.54 Å². The Bertz CT molecular complexity index is 449. The van der Waals surface area contributed by atoms with Crippen LogP contribution in [0.3, 0.4) is 0 Å². The van der Waals surface area contributed by atoms with E-state index in [0.29, 0.717) is 5.56 Å². The number of benzene rings is 1. The van der Waals surface area contributed by atoms with E-state index in [1.165, 1.54) is 12.1 Å². The molecule has 0 aliphatic carbocycles. The van der Waals surface area contributed by atoms with Crippen molar-refractivity contribution in [1.82, 2.24) is 5.32 Å². The lowest BCUT2D eigenvalue weighted by Crippen LogP contribution is -2.24. The summed E-state index contributed by atoms with van der Waals surface area (Å²) in [6.45, 7) is 6.35. The largest absolute Gasteiger partial charge is 0.573 e. The monoisotopic (exact) mass is 258 g/mol. The second-order valence-corrected chi connectivity index (χ2v) is 3.28. The van der Waals surface area contributed by atoms with E-state index in [-0.39, 0.29) is 18.8 Å². The molecule has 0 aliphatic rings. The van der Waals surface area contributed by atoms with Crippen molar-refractivity contribution in [2.24, 2.45) is 0 Å². The molecule has 0 saturated carbocycles. The normalized spacial score (nSPS) is 10.6. The number of rotatable bonds is 4. The molecule has 0 saturated heterocycles. The first-order valence-electron chi connectivity index (χ1n) is 4.85. The summed E-state index contributed by atoms with van der Waals surface area (Å²) in [5.74, 6) is -0.751. The molecule has 0 bridgehead atoms. The van der Waals surface area contributed by atoms with Crippen molar-refractivity contribution in [2.75, 3.05) is 6.54 Å².